The minimum Gasteiger partial charge on any atom is -0.432 e. The van der Waals surface area contributed by atoms with Crippen LogP contribution in [0.2, 0.25) is 0 Å². The van der Waals surface area contributed by atoms with Crippen molar-refractivity contribution in [1.82, 2.24) is 0 Å². The van der Waals surface area contributed by atoms with Gasteiger partial charge in [-0.15, -0.1) is 16.2 Å². The molecular formula is C19H23O4P2S4+. The van der Waals surface area contributed by atoms with Gasteiger partial charge in [-0.3, -0.25) is 4.57 Å². The van der Waals surface area contributed by atoms with Gasteiger partial charge in [-0.2, -0.15) is 0 Å². The Hall–Kier alpha value is -0.0700. The molecule has 5 atom stereocenters. The largest absolute Gasteiger partial charge is 0.597 e. The second-order valence-corrected chi connectivity index (χ2v) is 15.9. The lowest BCUT2D eigenvalue weighted by molar-refractivity contribution is 0.153. The van der Waals surface area contributed by atoms with Crippen LogP contribution in [0.25, 0.3) is 0 Å². The molecule has 0 N–H and O–H groups in total. The molecular weight excluding hydrogens is 482 g/mol. The third-order valence-corrected chi connectivity index (χ3v) is 12.6. The van der Waals surface area contributed by atoms with Crippen molar-refractivity contribution >= 4 is 63.3 Å². The summed E-state index contributed by atoms with van der Waals surface area (Å²) in [5.41, 5.74) is 0. The maximum Gasteiger partial charge on any atom is 0.597 e. The summed E-state index contributed by atoms with van der Waals surface area (Å²) in [6.45, 7) is -2.99. The molecule has 0 saturated heterocycles. The van der Waals surface area contributed by atoms with E-state index in [1.165, 1.54) is 19.3 Å². The van der Waals surface area contributed by atoms with Gasteiger partial charge < -0.3 is 4.52 Å². The molecule has 0 aliphatic heterocycles. The van der Waals surface area contributed by atoms with Crippen LogP contribution in [-0.2, 0) is 13.7 Å². The SMILES string of the molecule is O=P(Oc1ccccc1)(SS)c1ccccc1.O=[P+](OC1CC2CCC1C2)SS. The first-order valence-corrected chi connectivity index (χ1v) is 17.0. The van der Waals surface area contributed by atoms with Gasteiger partial charge >= 0.3 is 13.8 Å². The van der Waals surface area contributed by atoms with Crippen molar-refractivity contribution in [3.63, 3.8) is 0 Å². The summed E-state index contributed by atoms with van der Waals surface area (Å²) in [7, 11) is 0.398. The van der Waals surface area contributed by atoms with E-state index in [2.05, 4.69) is 23.3 Å². The number of fused-ring (bicyclic) bond motifs is 2. The van der Waals surface area contributed by atoms with Crippen molar-refractivity contribution in [3.05, 3.63) is 60.7 Å². The number of para-hydroxylation sites is 1. The topological polar surface area (TPSA) is 52.6 Å². The first kappa shape index (κ1) is 23.6. The van der Waals surface area contributed by atoms with Crippen LogP contribution < -0.4 is 9.83 Å². The molecule has 5 unspecified atom stereocenters. The first-order chi connectivity index (χ1) is 14.0. The average Bonchev–Trinajstić information content (AvgIpc) is 3.38. The van der Waals surface area contributed by atoms with Crippen molar-refractivity contribution < 1.29 is 18.2 Å². The fraction of sp³-hybridized carbons (Fsp3) is 0.368. The molecule has 29 heavy (non-hydrogen) atoms. The molecule has 0 spiro atoms. The van der Waals surface area contributed by atoms with Gasteiger partial charge in [0.25, 0.3) is 0 Å². The van der Waals surface area contributed by atoms with Crippen LogP contribution >= 0.6 is 57.9 Å². The molecule has 2 aliphatic rings. The molecule has 10 heteroatoms. The third-order valence-electron chi connectivity index (χ3n) is 5.11. The van der Waals surface area contributed by atoms with Gasteiger partial charge in [0.2, 0.25) is 10.4 Å². The Morgan fingerprint density at radius 2 is 1.62 bits per heavy atom. The molecule has 0 amide bonds. The smallest absolute Gasteiger partial charge is 0.432 e. The highest BCUT2D eigenvalue weighted by molar-refractivity contribution is 8.95. The predicted molar refractivity (Wildman–Crippen MR) is 132 cm³/mol. The Morgan fingerprint density at radius 3 is 2.14 bits per heavy atom. The monoisotopic (exact) mass is 505 g/mol. The Morgan fingerprint density at radius 1 is 0.966 bits per heavy atom. The van der Waals surface area contributed by atoms with Crippen LogP contribution in [0, 0.1) is 11.8 Å². The van der Waals surface area contributed by atoms with Gasteiger partial charge in [-0.05, 0) is 66.3 Å². The van der Waals surface area contributed by atoms with Crippen molar-refractivity contribution in [2.24, 2.45) is 11.8 Å². The Kier molecular flexibility index (Phi) is 9.37. The van der Waals surface area contributed by atoms with E-state index in [0.29, 0.717) is 17.0 Å². The van der Waals surface area contributed by atoms with Crippen LogP contribution in [0.4, 0.5) is 0 Å². The van der Waals surface area contributed by atoms with Crippen molar-refractivity contribution in [3.8, 4) is 5.75 Å². The van der Waals surface area contributed by atoms with E-state index in [-0.39, 0.29) is 6.10 Å². The zero-order chi connectivity index (χ0) is 20.7. The van der Waals surface area contributed by atoms with E-state index >= 15 is 0 Å². The fourth-order valence-corrected chi connectivity index (χ4v) is 8.43. The number of hydrogen-bond acceptors (Lipinski definition) is 8. The Bertz CT molecular complexity index is 841. The normalized spacial score (nSPS) is 24.9. The Labute approximate surface area is 190 Å². The molecule has 2 fully saturated rings. The second-order valence-electron chi connectivity index (χ2n) is 6.94. The maximum atomic E-state index is 12.6. The molecule has 2 saturated carbocycles. The summed E-state index contributed by atoms with van der Waals surface area (Å²) in [4.78, 5) is 0. The second kappa shape index (κ2) is 11.5. The van der Waals surface area contributed by atoms with Crippen LogP contribution in [0.15, 0.2) is 60.7 Å². The van der Waals surface area contributed by atoms with Crippen LogP contribution in [-0.4, -0.2) is 6.10 Å². The van der Waals surface area contributed by atoms with Crippen LogP contribution in [0.5, 0.6) is 5.75 Å². The fourth-order valence-electron chi connectivity index (χ4n) is 3.79. The quantitative estimate of drug-likeness (QED) is 0.230. The average molecular weight is 506 g/mol. The minimum absolute atomic E-state index is 0.270. The van der Waals surface area contributed by atoms with E-state index in [4.69, 9.17) is 9.05 Å². The molecule has 156 valence electrons. The summed E-state index contributed by atoms with van der Waals surface area (Å²) in [6.07, 6.45) is 5.32. The van der Waals surface area contributed by atoms with E-state index in [1.807, 2.05) is 36.4 Å². The molecule has 2 aromatic carbocycles. The van der Waals surface area contributed by atoms with Crippen LogP contribution in [0.3, 0.4) is 0 Å². The summed E-state index contributed by atoms with van der Waals surface area (Å²) >= 11 is 7.94. The van der Waals surface area contributed by atoms with Gasteiger partial charge in [0, 0.05) is 10.4 Å². The molecule has 0 heterocycles. The minimum atomic E-state index is -2.99. The first-order valence-electron chi connectivity index (χ1n) is 9.23. The van der Waals surface area contributed by atoms with Crippen molar-refractivity contribution in [1.29, 1.82) is 0 Å². The number of benzene rings is 2. The van der Waals surface area contributed by atoms with Crippen molar-refractivity contribution in [2.45, 2.75) is 31.8 Å². The lowest BCUT2D eigenvalue weighted by Gasteiger charge is -2.16. The van der Waals surface area contributed by atoms with E-state index in [9.17, 15) is 9.13 Å². The lowest BCUT2D eigenvalue weighted by atomic mass is 9.98. The molecule has 2 aromatic rings. The molecule has 0 aromatic heterocycles. The highest BCUT2D eigenvalue weighted by Gasteiger charge is 2.44. The molecule has 4 nitrogen and oxygen atoms in total. The number of rotatable bonds is 7. The zero-order valence-electron chi connectivity index (χ0n) is 15.6. The summed E-state index contributed by atoms with van der Waals surface area (Å²) in [5, 5.41) is 0.656. The summed E-state index contributed by atoms with van der Waals surface area (Å²) in [5.74, 6) is 2.13. The lowest BCUT2D eigenvalue weighted by Crippen LogP contribution is -2.16. The van der Waals surface area contributed by atoms with E-state index in [1.54, 1.807) is 24.3 Å². The van der Waals surface area contributed by atoms with E-state index in [0.717, 1.165) is 33.2 Å². The highest BCUT2D eigenvalue weighted by atomic mass is 33.3. The standard InChI is InChI=1S/C12H11O2PS2.C7H11O2PS2/c13-15(17-16,12-9-5-2-6-10-12)14-11-7-3-1-4-8-11;8-10(12-11)9-7-4-5-1-2-6(7)3-5/h1-10,16H;5-7H,1-4H2/p+1. The summed E-state index contributed by atoms with van der Waals surface area (Å²) in [6, 6.07) is 18.2. The van der Waals surface area contributed by atoms with Crippen LogP contribution in [0.1, 0.15) is 25.7 Å². The predicted octanol–water partition coefficient (Wildman–Crippen LogP) is 7.59. The molecule has 4 rings (SSSR count). The maximum absolute atomic E-state index is 12.6. The number of hydrogen-bond donors (Lipinski definition) is 2. The molecule has 2 bridgehead atoms. The van der Waals surface area contributed by atoms with Gasteiger partial charge in [-0.1, -0.05) is 48.1 Å². The van der Waals surface area contributed by atoms with E-state index < -0.39 is 13.8 Å². The highest BCUT2D eigenvalue weighted by Crippen LogP contribution is 2.59. The van der Waals surface area contributed by atoms with Gasteiger partial charge in [0.15, 0.2) is 0 Å². The zero-order valence-corrected chi connectivity index (χ0v) is 20.8. The summed E-state index contributed by atoms with van der Waals surface area (Å²) < 4.78 is 34.6. The molecule has 2 aliphatic carbocycles. The number of thiol groups is 2. The van der Waals surface area contributed by atoms with Gasteiger partial charge in [-0.25, -0.2) is 0 Å². The Balaban J connectivity index is 0.000000176. The van der Waals surface area contributed by atoms with Crippen molar-refractivity contribution in [2.75, 3.05) is 0 Å². The third kappa shape index (κ3) is 6.70. The van der Waals surface area contributed by atoms with Gasteiger partial charge in [0.1, 0.15) is 11.9 Å². The van der Waals surface area contributed by atoms with Gasteiger partial charge in [0.05, 0.1) is 5.30 Å². The molecule has 0 radical (unpaired) electrons.